The number of halogens is 1. The Morgan fingerprint density at radius 3 is 2.81 bits per heavy atom. The SMILES string of the molecule is CCOC(=O)C1(Cc2ccccc2F)CCCN(C(=O)c2snnc2C)C1. The topological polar surface area (TPSA) is 72.4 Å². The van der Waals surface area contributed by atoms with Crippen molar-refractivity contribution in [2.45, 2.75) is 33.1 Å². The van der Waals surface area contributed by atoms with Gasteiger partial charge in [0.05, 0.1) is 17.7 Å². The third kappa shape index (κ3) is 4.00. The number of likely N-dealkylation sites (tertiary alicyclic amines) is 1. The standard InChI is InChI=1S/C19H22FN3O3S/c1-3-26-18(25)19(11-14-7-4-5-8-15(14)20)9-6-10-23(12-19)17(24)16-13(2)21-22-27-16/h4-5,7-8H,3,6,9-12H2,1-2H3. The number of benzene rings is 1. The quantitative estimate of drug-likeness (QED) is 0.733. The molecule has 0 saturated carbocycles. The molecule has 0 bridgehead atoms. The Kier molecular flexibility index (Phi) is 5.84. The van der Waals surface area contributed by atoms with E-state index in [2.05, 4.69) is 9.59 Å². The highest BCUT2D eigenvalue weighted by molar-refractivity contribution is 7.07. The van der Waals surface area contributed by atoms with Crippen molar-refractivity contribution in [1.29, 1.82) is 0 Å². The van der Waals surface area contributed by atoms with Gasteiger partial charge < -0.3 is 9.64 Å². The van der Waals surface area contributed by atoms with Crippen molar-refractivity contribution >= 4 is 23.4 Å². The average molecular weight is 391 g/mol. The molecule has 2 aromatic rings. The van der Waals surface area contributed by atoms with Crippen LogP contribution in [0.25, 0.3) is 0 Å². The number of amides is 1. The van der Waals surface area contributed by atoms with E-state index < -0.39 is 5.41 Å². The molecule has 2 heterocycles. The zero-order valence-electron chi connectivity index (χ0n) is 15.4. The van der Waals surface area contributed by atoms with Crippen LogP contribution in [0, 0.1) is 18.2 Å². The van der Waals surface area contributed by atoms with E-state index in [1.165, 1.54) is 6.07 Å². The first-order valence-electron chi connectivity index (χ1n) is 8.96. The van der Waals surface area contributed by atoms with Crippen molar-refractivity contribution in [3.05, 3.63) is 46.2 Å². The predicted molar refractivity (Wildman–Crippen MR) is 99.0 cm³/mol. The molecule has 27 heavy (non-hydrogen) atoms. The van der Waals surface area contributed by atoms with Gasteiger partial charge in [0.15, 0.2) is 0 Å². The van der Waals surface area contributed by atoms with Gasteiger partial charge in [-0.25, -0.2) is 4.39 Å². The van der Waals surface area contributed by atoms with Crippen LogP contribution >= 0.6 is 11.5 Å². The van der Waals surface area contributed by atoms with E-state index >= 15 is 0 Å². The largest absolute Gasteiger partial charge is 0.466 e. The summed E-state index contributed by atoms with van der Waals surface area (Å²) in [4.78, 5) is 27.9. The van der Waals surface area contributed by atoms with Gasteiger partial charge in [-0.1, -0.05) is 22.7 Å². The monoisotopic (exact) mass is 391 g/mol. The molecule has 0 aliphatic carbocycles. The van der Waals surface area contributed by atoms with E-state index in [0.717, 1.165) is 11.5 Å². The first kappa shape index (κ1) is 19.4. The van der Waals surface area contributed by atoms with Crippen LogP contribution in [0.5, 0.6) is 0 Å². The number of hydrogen-bond acceptors (Lipinski definition) is 6. The normalized spacial score (nSPS) is 19.7. The fourth-order valence-electron chi connectivity index (χ4n) is 3.55. The molecule has 1 unspecified atom stereocenters. The molecule has 6 nitrogen and oxygen atoms in total. The van der Waals surface area contributed by atoms with E-state index in [-0.39, 0.29) is 37.3 Å². The van der Waals surface area contributed by atoms with Gasteiger partial charge in [0.25, 0.3) is 5.91 Å². The van der Waals surface area contributed by atoms with E-state index in [1.807, 2.05) is 0 Å². The first-order valence-corrected chi connectivity index (χ1v) is 9.73. The molecule has 8 heteroatoms. The number of aromatic nitrogens is 2. The summed E-state index contributed by atoms with van der Waals surface area (Å²) in [6, 6.07) is 6.42. The van der Waals surface area contributed by atoms with Gasteiger partial charge in [-0.2, -0.15) is 0 Å². The lowest BCUT2D eigenvalue weighted by Gasteiger charge is -2.41. The zero-order valence-corrected chi connectivity index (χ0v) is 16.2. The molecule has 0 radical (unpaired) electrons. The van der Waals surface area contributed by atoms with Crippen molar-refractivity contribution in [3.63, 3.8) is 0 Å². The number of piperidine rings is 1. The van der Waals surface area contributed by atoms with E-state index in [1.54, 1.807) is 36.9 Å². The summed E-state index contributed by atoms with van der Waals surface area (Å²) >= 11 is 1.05. The third-order valence-electron chi connectivity index (χ3n) is 4.91. The Hall–Kier alpha value is -2.35. The molecule has 1 aliphatic rings. The molecular formula is C19H22FN3O3S. The van der Waals surface area contributed by atoms with Gasteiger partial charge in [0.1, 0.15) is 10.7 Å². The maximum atomic E-state index is 14.2. The van der Waals surface area contributed by atoms with Crippen LogP contribution in [0.1, 0.15) is 40.7 Å². The van der Waals surface area contributed by atoms with Gasteiger partial charge >= 0.3 is 5.97 Å². The maximum absolute atomic E-state index is 14.2. The van der Waals surface area contributed by atoms with Gasteiger partial charge in [-0.05, 0) is 56.3 Å². The summed E-state index contributed by atoms with van der Waals surface area (Å²) in [5, 5.41) is 3.89. The smallest absolute Gasteiger partial charge is 0.314 e. The van der Waals surface area contributed by atoms with Crippen LogP contribution < -0.4 is 0 Å². The summed E-state index contributed by atoms with van der Waals surface area (Å²) in [6.45, 7) is 4.44. The van der Waals surface area contributed by atoms with E-state index in [9.17, 15) is 14.0 Å². The highest BCUT2D eigenvalue weighted by atomic mass is 32.1. The van der Waals surface area contributed by atoms with Crippen LogP contribution in [0.4, 0.5) is 4.39 Å². The minimum absolute atomic E-state index is 0.190. The lowest BCUT2D eigenvalue weighted by molar-refractivity contribution is -0.158. The zero-order chi connectivity index (χ0) is 19.4. The maximum Gasteiger partial charge on any atom is 0.314 e. The van der Waals surface area contributed by atoms with Crippen LogP contribution in [0.2, 0.25) is 0 Å². The predicted octanol–water partition coefficient (Wildman–Crippen LogP) is 3.01. The molecule has 1 amide bonds. The highest BCUT2D eigenvalue weighted by Gasteiger charge is 2.45. The molecule has 3 rings (SSSR count). The van der Waals surface area contributed by atoms with Gasteiger partial charge in [-0.3, -0.25) is 9.59 Å². The summed E-state index contributed by atoms with van der Waals surface area (Å²) in [7, 11) is 0. The number of esters is 1. The van der Waals surface area contributed by atoms with E-state index in [0.29, 0.717) is 35.5 Å². The molecule has 0 N–H and O–H groups in total. The number of hydrogen-bond donors (Lipinski definition) is 0. The minimum Gasteiger partial charge on any atom is -0.466 e. The lowest BCUT2D eigenvalue weighted by atomic mass is 9.75. The van der Waals surface area contributed by atoms with Crippen LogP contribution in [-0.4, -0.2) is 46.1 Å². The summed E-state index contributed by atoms with van der Waals surface area (Å²) in [5.41, 5.74) is 0.0694. The number of carbonyl (C=O) groups excluding carboxylic acids is 2. The van der Waals surface area contributed by atoms with Crippen molar-refractivity contribution in [2.75, 3.05) is 19.7 Å². The summed E-state index contributed by atoms with van der Waals surface area (Å²) in [5.74, 6) is -0.929. The summed E-state index contributed by atoms with van der Waals surface area (Å²) in [6.07, 6.45) is 1.39. The van der Waals surface area contributed by atoms with Crippen molar-refractivity contribution in [1.82, 2.24) is 14.5 Å². The molecular weight excluding hydrogens is 369 g/mol. The number of nitrogens with zero attached hydrogens (tertiary/aromatic N) is 3. The second kappa shape index (κ2) is 8.12. The second-order valence-corrected chi connectivity index (χ2v) is 7.54. The summed E-state index contributed by atoms with van der Waals surface area (Å²) < 4.78 is 23.4. The Morgan fingerprint density at radius 1 is 1.37 bits per heavy atom. The van der Waals surface area contributed by atoms with Gasteiger partial charge in [0.2, 0.25) is 0 Å². The number of rotatable bonds is 5. The Balaban J connectivity index is 1.90. The number of aryl methyl sites for hydroxylation is 1. The fourth-order valence-corrected chi connectivity index (χ4v) is 4.18. The Labute approximate surface area is 161 Å². The molecule has 1 fully saturated rings. The van der Waals surface area contributed by atoms with Gasteiger partial charge in [0, 0.05) is 13.1 Å². The first-order chi connectivity index (χ1) is 13.0. The van der Waals surface area contributed by atoms with Crippen molar-refractivity contribution in [2.24, 2.45) is 5.41 Å². The Bertz CT molecular complexity index is 841. The second-order valence-electron chi connectivity index (χ2n) is 6.79. The van der Waals surface area contributed by atoms with Crippen molar-refractivity contribution in [3.8, 4) is 0 Å². The minimum atomic E-state index is -0.960. The average Bonchev–Trinajstić information content (AvgIpc) is 3.09. The fraction of sp³-hybridized carbons (Fsp3) is 0.474. The number of carbonyl (C=O) groups is 2. The van der Waals surface area contributed by atoms with E-state index in [4.69, 9.17) is 4.74 Å². The molecule has 1 aromatic heterocycles. The third-order valence-corrected chi connectivity index (χ3v) is 5.72. The molecule has 1 aromatic carbocycles. The highest BCUT2D eigenvalue weighted by Crippen LogP contribution is 2.36. The van der Waals surface area contributed by atoms with Crippen LogP contribution in [0.3, 0.4) is 0 Å². The molecule has 1 aliphatic heterocycles. The Morgan fingerprint density at radius 2 is 2.15 bits per heavy atom. The van der Waals surface area contributed by atoms with Gasteiger partial charge in [-0.15, -0.1) is 5.10 Å². The van der Waals surface area contributed by atoms with Crippen LogP contribution in [0.15, 0.2) is 24.3 Å². The molecule has 1 saturated heterocycles. The number of ether oxygens (including phenoxy) is 1. The molecule has 0 spiro atoms. The van der Waals surface area contributed by atoms with Crippen LogP contribution in [-0.2, 0) is 16.0 Å². The molecule has 144 valence electrons. The molecule has 1 atom stereocenters. The lowest BCUT2D eigenvalue weighted by Crippen LogP contribution is -2.51. The van der Waals surface area contributed by atoms with Crippen molar-refractivity contribution < 1.29 is 18.7 Å².